The standard InChI is InChI=1S/C17H15ClF2N2O3/c1-11-8-13(18)6-7-14(11)24-10-16(23)22-21-9-12-4-2-3-5-15(12)25-17(19)20/h2-9,17H,10H2,1H3,(H,22,23)/b21-9-. The summed E-state index contributed by atoms with van der Waals surface area (Å²) in [6.45, 7) is -1.40. The lowest BCUT2D eigenvalue weighted by molar-refractivity contribution is -0.123. The minimum atomic E-state index is -2.94. The van der Waals surface area contributed by atoms with Crippen LogP contribution in [0.2, 0.25) is 5.02 Å². The van der Waals surface area contributed by atoms with E-state index in [9.17, 15) is 13.6 Å². The van der Waals surface area contributed by atoms with Crippen LogP contribution in [0.4, 0.5) is 8.78 Å². The van der Waals surface area contributed by atoms with Crippen LogP contribution in [0.5, 0.6) is 11.5 Å². The van der Waals surface area contributed by atoms with E-state index in [0.717, 1.165) is 5.56 Å². The molecule has 0 saturated heterocycles. The predicted molar refractivity (Wildman–Crippen MR) is 90.5 cm³/mol. The number of nitrogens with zero attached hydrogens (tertiary/aromatic N) is 1. The number of alkyl halides is 2. The van der Waals surface area contributed by atoms with E-state index < -0.39 is 12.5 Å². The van der Waals surface area contributed by atoms with Crippen LogP contribution in [0.25, 0.3) is 0 Å². The van der Waals surface area contributed by atoms with Gasteiger partial charge < -0.3 is 9.47 Å². The second kappa shape index (κ2) is 8.98. The maximum Gasteiger partial charge on any atom is 0.387 e. The molecule has 0 spiro atoms. The zero-order valence-corrected chi connectivity index (χ0v) is 14.0. The fourth-order valence-electron chi connectivity index (χ4n) is 1.91. The van der Waals surface area contributed by atoms with E-state index in [2.05, 4.69) is 15.3 Å². The molecule has 0 heterocycles. The van der Waals surface area contributed by atoms with Crippen molar-refractivity contribution in [2.24, 2.45) is 5.10 Å². The molecule has 0 radical (unpaired) electrons. The van der Waals surface area contributed by atoms with Crippen LogP contribution in [0.3, 0.4) is 0 Å². The molecule has 2 aromatic rings. The number of benzene rings is 2. The number of rotatable bonds is 7. The summed E-state index contributed by atoms with van der Waals surface area (Å²) in [6, 6.07) is 11.1. The summed E-state index contributed by atoms with van der Waals surface area (Å²) in [5, 5.41) is 4.28. The van der Waals surface area contributed by atoms with Gasteiger partial charge in [-0.1, -0.05) is 23.7 Å². The van der Waals surface area contributed by atoms with Gasteiger partial charge in [0.1, 0.15) is 11.5 Å². The molecule has 0 saturated carbocycles. The van der Waals surface area contributed by atoms with Crippen molar-refractivity contribution in [3.63, 3.8) is 0 Å². The number of amides is 1. The van der Waals surface area contributed by atoms with Crippen LogP contribution in [-0.2, 0) is 4.79 Å². The summed E-state index contributed by atoms with van der Waals surface area (Å²) in [5.41, 5.74) is 3.35. The highest BCUT2D eigenvalue weighted by atomic mass is 35.5. The lowest BCUT2D eigenvalue weighted by Crippen LogP contribution is -2.24. The normalized spacial score (nSPS) is 10.9. The van der Waals surface area contributed by atoms with Gasteiger partial charge in [0.25, 0.3) is 5.91 Å². The summed E-state index contributed by atoms with van der Waals surface area (Å²) < 4.78 is 34.3. The highest BCUT2D eigenvalue weighted by Crippen LogP contribution is 2.21. The fourth-order valence-corrected chi connectivity index (χ4v) is 2.14. The van der Waals surface area contributed by atoms with Gasteiger partial charge in [0.2, 0.25) is 0 Å². The predicted octanol–water partition coefficient (Wildman–Crippen LogP) is 3.78. The van der Waals surface area contributed by atoms with E-state index in [1.165, 1.54) is 18.3 Å². The highest BCUT2D eigenvalue weighted by Gasteiger charge is 2.08. The number of halogens is 3. The summed E-state index contributed by atoms with van der Waals surface area (Å²) in [5.74, 6) is -0.0133. The summed E-state index contributed by atoms with van der Waals surface area (Å²) >= 11 is 5.84. The molecule has 25 heavy (non-hydrogen) atoms. The highest BCUT2D eigenvalue weighted by molar-refractivity contribution is 6.30. The third-order valence-corrected chi connectivity index (χ3v) is 3.26. The molecule has 1 N–H and O–H groups in total. The van der Waals surface area contributed by atoms with Crippen LogP contribution in [0.1, 0.15) is 11.1 Å². The van der Waals surface area contributed by atoms with Gasteiger partial charge in [0.05, 0.1) is 6.21 Å². The molecule has 132 valence electrons. The number of ether oxygens (including phenoxy) is 2. The average Bonchev–Trinajstić information content (AvgIpc) is 2.55. The van der Waals surface area contributed by atoms with Crippen LogP contribution in [-0.4, -0.2) is 25.3 Å². The molecule has 0 atom stereocenters. The Morgan fingerprint density at radius 2 is 2.04 bits per heavy atom. The molecule has 0 aliphatic rings. The number of hydrogen-bond donors (Lipinski definition) is 1. The van der Waals surface area contributed by atoms with Crippen LogP contribution >= 0.6 is 11.6 Å². The van der Waals surface area contributed by atoms with Crippen LogP contribution in [0.15, 0.2) is 47.6 Å². The minimum Gasteiger partial charge on any atom is -0.483 e. The average molecular weight is 369 g/mol. The second-order valence-corrected chi connectivity index (χ2v) is 5.34. The maximum atomic E-state index is 12.3. The first-order chi connectivity index (χ1) is 12.0. The van der Waals surface area contributed by atoms with Gasteiger partial charge in [-0.15, -0.1) is 0 Å². The third kappa shape index (κ3) is 6.04. The zero-order valence-electron chi connectivity index (χ0n) is 13.2. The number of aryl methyl sites for hydroxylation is 1. The van der Waals surface area contributed by atoms with Crippen molar-refractivity contribution in [1.29, 1.82) is 0 Å². The number of carbonyl (C=O) groups excluding carboxylic acids is 1. The molecule has 0 fully saturated rings. The Kier molecular flexibility index (Phi) is 6.71. The largest absolute Gasteiger partial charge is 0.483 e. The van der Waals surface area contributed by atoms with E-state index in [0.29, 0.717) is 16.3 Å². The molecule has 0 unspecified atom stereocenters. The van der Waals surface area contributed by atoms with Gasteiger partial charge in [-0.3, -0.25) is 4.79 Å². The second-order valence-electron chi connectivity index (χ2n) is 4.91. The molecule has 8 heteroatoms. The van der Waals surface area contributed by atoms with Crippen molar-refractivity contribution in [3.8, 4) is 11.5 Å². The Labute approximate surface area is 148 Å². The van der Waals surface area contributed by atoms with Crippen molar-refractivity contribution in [2.45, 2.75) is 13.5 Å². The Morgan fingerprint density at radius 3 is 2.76 bits per heavy atom. The smallest absolute Gasteiger partial charge is 0.387 e. The van der Waals surface area contributed by atoms with Crippen molar-refractivity contribution in [2.75, 3.05) is 6.61 Å². The van der Waals surface area contributed by atoms with Gasteiger partial charge in [0, 0.05) is 10.6 Å². The summed E-state index contributed by atoms with van der Waals surface area (Å²) in [6.07, 6.45) is 1.21. The van der Waals surface area contributed by atoms with Crippen LogP contribution in [0, 0.1) is 6.92 Å². The van der Waals surface area contributed by atoms with Gasteiger partial charge in [0.15, 0.2) is 6.61 Å². The molecule has 0 aliphatic heterocycles. The molecular weight excluding hydrogens is 354 g/mol. The Morgan fingerprint density at radius 1 is 1.28 bits per heavy atom. The van der Waals surface area contributed by atoms with Crippen molar-refractivity contribution >= 4 is 23.7 Å². The number of nitrogens with one attached hydrogen (secondary N) is 1. The monoisotopic (exact) mass is 368 g/mol. The van der Waals surface area contributed by atoms with Crippen molar-refractivity contribution in [3.05, 3.63) is 58.6 Å². The maximum absolute atomic E-state index is 12.3. The first-order valence-corrected chi connectivity index (χ1v) is 7.58. The van der Waals surface area contributed by atoms with E-state index in [1.54, 1.807) is 37.3 Å². The minimum absolute atomic E-state index is 0.0384. The molecule has 0 aliphatic carbocycles. The number of hydrogen-bond acceptors (Lipinski definition) is 4. The molecule has 2 aromatic carbocycles. The summed E-state index contributed by atoms with van der Waals surface area (Å²) in [4.78, 5) is 11.7. The topological polar surface area (TPSA) is 59.9 Å². The SMILES string of the molecule is Cc1cc(Cl)ccc1OCC(=O)N/N=C\c1ccccc1OC(F)F. The van der Waals surface area contributed by atoms with E-state index >= 15 is 0 Å². The van der Waals surface area contributed by atoms with Crippen molar-refractivity contribution in [1.82, 2.24) is 5.43 Å². The number of hydrazone groups is 1. The first kappa shape index (κ1) is 18.7. The third-order valence-electron chi connectivity index (χ3n) is 3.02. The fraction of sp³-hybridized carbons (Fsp3) is 0.176. The van der Waals surface area contributed by atoms with Gasteiger partial charge >= 0.3 is 6.61 Å². The lowest BCUT2D eigenvalue weighted by atomic mass is 10.2. The molecule has 1 amide bonds. The Balaban J connectivity index is 1.88. The quantitative estimate of drug-likeness (QED) is 0.597. The molecule has 5 nitrogen and oxygen atoms in total. The Hall–Kier alpha value is -2.67. The molecular formula is C17H15ClF2N2O3. The number of para-hydroxylation sites is 1. The zero-order chi connectivity index (χ0) is 18.2. The molecule has 0 aromatic heterocycles. The Bertz CT molecular complexity index is 769. The van der Waals surface area contributed by atoms with Gasteiger partial charge in [-0.05, 0) is 42.8 Å². The van der Waals surface area contributed by atoms with Gasteiger partial charge in [-0.2, -0.15) is 13.9 Å². The van der Waals surface area contributed by atoms with Crippen LogP contribution < -0.4 is 14.9 Å². The van der Waals surface area contributed by atoms with E-state index in [1.807, 2.05) is 0 Å². The molecule has 0 bridgehead atoms. The van der Waals surface area contributed by atoms with Crippen molar-refractivity contribution < 1.29 is 23.0 Å². The number of carbonyl (C=O) groups is 1. The summed E-state index contributed by atoms with van der Waals surface area (Å²) in [7, 11) is 0. The lowest BCUT2D eigenvalue weighted by Gasteiger charge is -2.08. The van der Waals surface area contributed by atoms with Gasteiger partial charge in [-0.25, -0.2) is 5.43 Å². The van der Waals surface area contributed by atoms with E-state index in [4.69, 9.17) is 16.3 Å². The molecule has 2 rings (SSSR count). The first-order valence-electron chi connectivity index (χ1n) is 7.20. The van der Waals surface area contributed by atoms with E-state index in [-0.39, 0.29) is 12.4 Å².